The first-order valence-corrected chi connectivity index (χ1v) is 8.57. The highest BCUT2D eigenvalue weighted by Crippen LogP contribution is 2.32. The second-order valence-corrected chi connectivity index (χ2v) is 7.85. The monoisotopic (exact) mass is 322 g/mol. The molecule has 2 N–H and O–H groups in total. The Morgan fingerprint density at radius 3 is 2.40 bits per heavy atom. The van der Waals surface area contributed by atoms with E-state index in [1.165, 1.54) is 11.4 Å². The van der Waals surface area contributed by atoms with Gasteiger partial charge in [-0.05, 0) is 19.3 Å². The van der Waals surface area contributed by atoms with Crippen LogP contribution in [0.5, 0.6) is 0 Å². The number of esters is 1. The smallest absolute Gasteiger partial charge is 0.305 e. The number of thiocarbonyl (C=S) groups is 1. The molecule has 6 nitrogen and oxygen atoms in total. The number of nitrogens with two attached hydrogens (primary N) is 1. The quantitative estimate of drug-likeness (QED) is 0.571. The van der Waals surface area contributed by atoms with Crippen LogP contribution in [0, 0.1) is 5.41 Å². The fourth-order valence-corrected chi connectivity index (χ4v) is 3.84. The highest BCUT2D eigenvalue weighted by molar-refractivity contribution is 7.89. The van der Waals surface area contributed by atoms with Crippen molar-refractivity contribution in [3.63, 3.8) is 0 Å². The van der Waals surface area contributed by atoms with Crippen LogP contribution in [0.4, 0.5) is 0 Å². The summed E-state index contributed by atoms with van der Waals surface area (Å²) in [6, 6.07) is 0. The van der Waals surface area contributed by atoms with Gasteiger partial charge in [0, 0.05) is 24.9 Å². The van der Waals surface area contributed by atoms with Gasteiger partial charge in [0.1, 0.15) is 0 Å². The summed E-state index contributed by atoms with van der Waals surface area (Å²) < 4.78 is 30.2. The minimum atomic E-state index is -3.32. The van der Waals surface area contributed by atoms with Crippen molar-refractivity contribution in [3.8, 4) is 0 Å². The molecule has 0 aliphatic carbocycles. The SMILES string of the molecule is COC(=O)CCCS(=O)(=O)N1CCC(C)(C(N)=S)CC1. The van der Waals surface area contributed by atoms with Crippen LogP contribution in [0.3, 0.4) is 0 Å². The van der Waals surface area contributed by atoms with Gasteiger partial charge in [-0.15, -0.1) is 0 Å². The molecule has 0 unspecified atom stereocenters. The lowest BCUT2D eigenvalue weighted by Crippen LogP contribution is -2.47. The van der Waals surface area contributed by atoms with Gasteiger partial charge in [0.2, 0.25) is 10.0 Å². The van der Waals surface area contributed by atoms with E-state index in [1.54, 1.807) is 0 Å². The normalized spacial score (nSPS) is 19.5. The number of carbonyl (C=O) groups excluding carboxylic acids is 1. The molecule has 1 saturated heterocycles. The lowest BCUT2D eigenvalue weighted by Gasteiger charge is -2.37. The van der Waals surface area contributed by atoms with Gasteiger partial charge in [-0.2, -0.15) is 0 Å². The summed E-state index contributed by atoms with van der Waals surface area (Å²) in [6.45, 7) is 2.82. The zero-order chi connectivity index (χ0) is 15.4. The first-order valence-electron chi connectivity index (χ1n) is 6.56. The van der Waals surface area contributed by atoms with Crippen molar-refractivity contribution in [2.45, 2.75) is 32.6 Å². The first-order chi connectivity index (χ1) is 9.21. The molecule has 0 atom stereocenters. The molecule has 1 aliphatic rings. The molecule has 0 spiro atoms. The number of sulfonamides is 1. The van der Waals surface area contributed by atoms with E-state index in [9.17, 15) is 13.2 Å². The van der Waals surface area contributed by atoms with E-state index < -0.39 is 10.0 Å². The van der Waals surface area contributed by atoms with E-state index in [2.05, 4.69) is 4.74 Å². The summed E-state index contributed by atoms with van der Waals surface area (Å²) in [5.41, 5.74) is 5.44. The maximum absolute atomic E-state index is 12.1. The van der Waals surface area contributed by atoms with Crippen molar-refractivity contribution < 1.29 is 17.9 Å². The molecule has 1 heterocycles. The molecule has 20 heavy (non-hydrogen) atoms. The van der Waals surface area contributed by atoms with Gasteiger partial charge in [-0.3, -0.25) is 4.79 Å². The summed E-state index contributed by atoms with van der Waals surface area (Å²) in [4.78, 5) is 11.4. The Hall–Kier alpha value is -0.730. The lowest BCUT2D eigenvalue weighted by molar-refractivity contribution is -0.140. The number of nitrogens with zero attached hydrogens (tertiary/aromatic N) is 1. The van der Waals surface area contributed by atoms with Gasteiger partial charge in [0.25, 0.3) is 0 Å². The number of ether oxygens (including phenoxy) is 1. The molecule has 0 bridgehead atoms. The first kappa shape index (κ1) is 17.3. The van der Waals surface area contributed by atoms with Crippen molar-refractivity contribution in [1.29, 1.82) is 0 Å². The average Bonchev–Trinajstić information content (AvgIpc) is 2.38. The van der Waals surface area contributed by atoms with Crippen LogP contribution in [0.2, 0.25) is 0 Å². The number of methoxy groups -OCH3 is 1. The Balaban J connectivity index is 2.51. The molecule has 1 aliphatic heterocycles. The molecule has 0 aromatic rings. The molecular formula is C12H22N2O4S2. The van der Waals surface area contributed by atoms with Gasteiger partial charge < -0.3 is 10.5 Å². The topological polar surface area (TPSA) is 89.7 Å². The van der Waals surface area contributed by atoms with Crippen molar-refractivity contribution in [1.82, 2.24) is 4.31 Å². The lowest BCUT2D eigenvalue weighted by atomic mass is 9.81. The molecular weight excluding hydrogens is 300 g/mol. The number of piperidine rings is 1. The highest BCUT2D eigenvalue weighted by atomic mass is 32.2. The molecule has 0 amide bonds. The van der Waals surface area contributed by atoms with Crippen LogP contribution in [0.25, 0.3) is 0 Å². The fourth-order valence-electron chi connectivity index (χ4n) is 2.13. The van der Waals surface area contributed by atoms with Crippen molar-refractivity contribution >= 4 is 33.2 Å². The van der Waals surface area contributed by atoms with Gasteiger partial charge in [0.05, 0.1) is 17.9 Å². The van der Waals surface area contributed by atoms with Gasteiger partial charge in [-0.25, -0.2) is 12.7 Å². The Labute approximate surface area is 125 Å². The van der Waals surface area contributed by atoms with E-state index in [0.29, 0.717) is 30.9 Å². The van der Waals surface area contributed by atoms with E-state index in [4.69, 9.17) is 18.0 Å². The Bertz CT molecular complexity index is 468. The molecule has 1 fully saturated rings. The molecule has 0 aromatic carbocycles. The molecule has 116 valence electrons. The van der Waals surface area contributed by atoms with Gasteiger partial charge >= 0.3 is 5.97 Å². The molecule has 0 saturated carbocycles. The molecule has 1 rings (SSSR count). The van der Waals surface area contributed by atoms with Crippen LogP contribution in [0.15, 0.2) is 0 Å². The number of rotatable bonds is 6. The number of hydrogen-bond acceptors (Lipinski definition) is 5. The third-order valence-corrected chi connectivity index (χ3v) is 6.27. The zero-order valence-electron chi connectivity index (χ0n) is 11.9. The zero-order valence-corrected chi connectivity index (χ0v) is 13.6. The summed E-state index contributed by atoms with van der Waals surface area (Å²) in [6.07, 6.45) is 1.67. The minimum Gasteiger partial charge on any atom is -0.469 e. The largest absolute Gasteiger partial charge is 0.469 e. The Kier molecular flexibility index (Phi) is 5.91. The summed E-state index contributed by atoms with van der Waals surface area (Å²) in [5.74, 6) is -0.425. The van der Waals surface area contributed by atoms with E-state index in [1.807, 2.05) is 6.92 Å². The molecule has 8 heteroatoms. The van der Waals surface area contributed by atoms with E-state index in [0.717, 1.165) is 0 Å². The highest BCUT2D eigenvalue weighted by Gasteiger charge is 2.36. The maximum atomic E-state index is 12.1. The fraction of sp³-hybridized carbons (Fsp3) is 0.833. The van der Waals surface area contributed by atoms with Crippen LogP contribution in [-0.2, 0) is 19.6 Å². The van der Waals surface area contributed by atoms with Crippen LogP contribution in [-0.4, -0.2) is 49.6 Å². The third kappa shape index (κ3) is 4.39. The summed E-state index contributed by atoms with van der Waals surface area (Å²) in [7, 11) is -2.03. The van der Waals surface area contributed by atoms with Gasteiger partial charge in [-0.1, -0.05) is 19.1 Å². The molecule has 0 aromatic heterocycles. The predicted octanol–water partition coefficient (Wildman–Crippen LogP) is 0.658. The van der Waals surface area contributed by atoms with Crippen molar-refractivity contribution in [3.05, 3.63) is 0 Å². The van der Waals surface area contributed by atoms with Gasteiger partial charge in [0.15, 0.2) is 0 Å². The standard InChI is InChI=1S/C12H22N2O4S2/c1-12(11(13)19)5-7-14(8-6-12)20(16,17)9-3-4-10(15)18-2/h3-9H2,1-2H3,(H2,13,19). The second kappa shape index (κ2) is 6.82. The van der Waals surface area contributed by atoms with Crippen molar-refractivity contribution in [2.24, 2.45) is 11.1 Å². The Morgan fingerprint density at radius 1 is 1.40 bits per heavy atom. The van der Waals surface area contributed by atoms with Crippen LogP contribution < -0.4 is 5.73 Å². The predicted molar refractivity (Wildman–Crippen MR) is 80.7 cm³/mol. The average molecular weight is 322 g/mol. The summed E-state index contributed by atoms with van der Waals surface area (Å²) >= 11 is 5.03. The second-order valence-electron chi connectivity index (χ2n) is 5.32. The number of hydrogen-bond donors (Lipinski definition) is 1. The molecule has 0 radical (unpaired) electrons. The van der Waals surface area contributed by atoms with Crippen molar-refractivity contribution in [2.75, 3.05) is 26.0 Å². The minimum absolute atomic E-state index is 0.0358. The maximum Gasteiger partial charge on any atom is 0.305 e. The Morgan fingerprint density at radius 2 is 1.95 bits per heavy atom. The van der Waals surface area contributed by atoms with Crippen LogP contribution in [0.1, 0.15) is 32.6 Å². The summed E-state index contributed by atoms with van der Waals surface area (Å²) in [5, 5.41) is 0. The third-order valence-electron chi connectivity index (χ3n) is 3.83. The van der Waals surface area contributed by atoms with Crippen LogP contribution >= 0.6 is 12.2 Å². The van der Waals surface area contributed by atoms with E-state index >= 15 is 0 Å². The number of carbonyl (C=O) groups is 1. The van der Waals surface area contributed by atoms with E-state index in [-0.39, 0.29) is 30.0 Å².